The van der Waals surface area contributed by atoms with Crippen molar-refractivity contribution in [2.45, 2.75) is 39.2 Å². The zero-order valence-corrected chi connectivity index (χ0v) is 7.61. The lowest BCUT2D eigenvalue weighted by molar-refractivity contribution is -0.119. The maximum atomic E-state index is 11.1. The summed E-state index contributed by atoms with van der Waals surface area (Å²) in [5.41, 5.74) is 6.18. The predicted octanol–water partition coefficient (Wildman–Crippen LogP) is 1.65. The fraction of sp³-hybridized carbons (Fsp3) is 0.667. The van der Waals surface area contributed by atoms with Crippen LogP contribution in [-0.2, 0) is 4.79 Å². The first-order chi connectivity index (χ1) is 4.81. The van der Waals surface area contributed by atoms with Crippen LogP contribution < -0.4 is 5.73 Å². The van der Waals surface area contributed by atoms with Crippen molar-refractivity contribution in [2.75, 3.05) is 0 Å². The maximum Gasteiger partial charge on any atom is 0.138 e. The third-order valence-electron chi connectivity index (χ3n) is 1.15. The van der Waals surface area contributed by atoms with Crippen LogP contribution in [0.2, 0.25) is 0 Å². The van der Waals surface area contributed by atoms with Gasteiger partial charge in [0, 0.05) is 18.4 Å². The van der Waals surface area contributed by atoms with E-state index in [4.69, 9.17) is 5.73 Å². The number of ketones is 1. The average Bonchev–Trinajstić information content (AvgIpc) is 1.53. The van der Waals surface area contributed by atoms with Crippen molar-refractivity contribution in [1.82, 2.24) is 0 Å². The van der Waals surface area contributed by atoms with Crippen LogP contribution in [-0.4, -0.2) is 11.3 Å². The molecule has 0 aliphatic heterocycles. The van der Waals surface area contributed by atoms with Crippen LogP contribution in [0.5, 0.6) is 0 Å². The molecule has 0 atom stereocenters. The summed E-state index contributed by atoms with van der Waals surface area (Å²) in [6, 6.07) is 0. The van der Waals surface area contributed by atoms with Crippen LogP contribution >= 0.6 is 0 Å². The van der Waals surface area contributed by atoms with Gasteiger partial charge in [-0.1, -0.05) is 12.2 Å². The molecule has 0 amide bonds. The van der Waals surface area contributed by atoms with Gasteiger partial charge in [-0.3, -0.25) is 4.79 Å². The summed E-state index contributed by atoms with van der Waals surface area (Å²) in [4.78, 5) is 11.1. The molecule has 0 rings (SSSR count). The van der Waals surface area contributed by atoms with Crippen molar-refractivity contribution in [2.24, 2.45) is 5.73 Å². The highest BCUT2D eigenvalue weighted by Gasteiger charge is 2.15. The Bertz CT molecular complexity index is 165. The number of hydrogen-bond donors (Lipinski definition) is 1. The quantitative estimate of drug-likeness (QED) is 0.627. The molecule has 0 saturated heterocycles. The Morgan fingerprint density at radius 3 is 2.27 bits per heavy atom. The van der Waals surface area contributed by atoms with E-state index in [9.17, 15) is 4.79 Å². The number of Topliss-reactive ketones (excluding diaryl/α,β-unsaturated/α-hetero) is 1. The lowest BCUT2D eigenvalue weighted by Crippen LogP contribution is -2.34. The molecular formula is C9H17NO. The summed E-state index contributed by atoms with van der Waals surface area (Å²) in [7, 11) is 0. The highest BCUT2D eigenvalue weighted by atomic mass is 16.1. The molecule has 0 fully saturated rings. The molecule has 0 aliphatic carbocycles. The summed E-state index contributed by atoms with van der Waals surface area (Å²) >= 11 is 0. The number of rotatable bonds is 4. The fourth-order valence-corrected chi connectivity index (χ4v) is 0.907. The highest BCUT2D eigenvalue weighted by Crippen LogP contribution is 2.08. The van der Waals surface area contributed by atoms with Crippen molar-refractivity contribution in [1.29, 1.82) is 0 Å². The topological polar surface area (TPSA) is 43.1 Å². The zero-order valence-electron chi connectivity index (χ0n) is 7.61. The minimum absolute atomic E-state index is 0.171. The van der Waals surface area contributed by atoms with Crippen LogP contribution in [0.15, 0.2) is 12.2 Å². The molecule has 64 valence electrons. The average molecular weight is 155 g/mol. The smallest absolute Gasteiger partial charge is 0.138 e. The van der Waals surface area contributed by atoms with Gasteiger partial charge in [-0.25, -0.2) is 0 Å². The molecule has 2 N–H and O–H groups in total. The summed E-state index contributed by atoms with van der Waals surface area (Å²) in [6.45, 7) is 9.21. The van der Waals surface area contributed by atoms with Gasteiger partial charge in [-0.05, 0) is 20.8 Å². The molecule has 2 heteroatoms. The number of hydrogen-bond acceptors (Lipinski definition) is 2. The largest absolute Gasteiger partial charge is 0.325 e. The molecule has 11 heavy (non-hydrogen) atoms. The Hall–Kier alpha value is -0.630. The Balaban J connectivity index is 3.80. The molecule has 2 nitrogen and oxygen atoms in total. The van der Waals surface area contributed by atoms with Crippen molar-refractivity contribution < 1.29 is 4.79 Å². The summed E-state index contributed by atoms with van der Waals surface area (Å²) in [5.74, 6) is 0.171. The van der Waals surface area contributed by atoms with E-state index in [2.05, 4.69) is 6.58 Å². The third kappa shape index (κ3) is 7.26. The molecule has 0 aromatic rings. The van der Waals surface area contributed by atoms with Gasteiger partial charge < -0.3 is 5.73 Å². The second kappa shape index (κ2) is 3.67. The van der Waals surface area contributed by atoms with Crippen molar-refractivity contribution in [3.8, 4) is 0 Å². The van der Waals surface area contributed by atoms with Crippen molar-refractivity contribution >= 4 is 5.78 Å². The normalized spacial score (nSPS) is 11.3. The fourth-order valence-electron chi connectivity index (χ4n) is 0.907. The molecular weight excluding hydrogens is 138 g/mol. The summed E-state index contributed by atoms with van der Waals surface area (Å²) < 4.78 is 0. The van der Waals surface area contributed by atoms with Crippen LogP contribution in [0.25, 0.3) is 0 Å². The Morgan fingerprint density at radius 1 is 1.55 bits per heavy atom. The Labute approximate surface area is 68.5 Å². The lowest BCUT2D eigenvalue weighted by atomic mass is 9.96. The lowest BCUT2D eigenvalue weighted by Gasteiger charge is -2.16. The minimum atomic E-state index is -0.382. The number of carbonyl (C=O) groups is 1. The van der Waals surface area contributed by atoms with Crippen LogP contribution in [0, 0.1) is 0 Å². The van der Waals surface area contributed by atoms with Gasteiger partial charge in [0.25, 0.3) is 0 Å². The van der Waals surface area contributed by atoms with E-state index in [0.29, 0.717) is 12.8 Å². The molecule has 0 heterocycles. The number of carbonyl (C=O) groups excluding carboxylic acids is 1. The van der Waals surface area contributed by atoms with Crippen molar-refractivity contribution in [3.05, 3.63) is 12.2 Å². The monoisotopic (exact) mass is 155 g/mol. The number of allylic oxidation sites excluding steroid dienone is 1. The van der Waals surface area contributed by atoms with E-state index >= 15 is 0 Å². The van der Waals surface area contributed by atoms with E-state index in [1.807, 2.05) is 20.8 Å². The molecule has 0 aromatic carbocycles. The SMILES string of the molecule is C=C(C)CC(=O)CC(C)(C)N. The van der Waals surface area contributed by atoms with Gasteiger partial charge in [0.15, 0.2) is 0 Å². The van der Waals surface area contributed by atoms with Gasteiger partial charge in [0.05, 0.1) is 0 Å². The van der Waals surface area contributed by atoms with E-state index in [1.165, 1.54) is 0 Å². The van der Waals surface area contributed by atoms with E-state index in [0.717, 1.165) is 5.57 Å². The second-order valence-corrected chi connectivity index (χ2v) is 3.84. The van der Waals surface area contributed by atoms with Gasteiger partial charge in [0.1, 0.15) is 5.78 Å². The molecule has 0 aliphatic rings. The van der Waals surface area contributed by atoms with Gasteiger partial charge in [-0.2, -0.15) is 0 Å². The Kier molecular flexibility index (Phi) is 3.46. The predicted molar refractivity (Wildman–Crippen MR) is 47.3 cm³/mol. The first kappa shape index (κ1) is 10.4. The van der Waals surface area contributed by atoms with E-state index < -0.39 is 0 Å². The highest BCUT2D eigenvalue weighted by molar-refractivity contribution is 5.81. The first-order valence-electron chi connectivity index (χ1n) is 3.76. The molecule has 0 unspecified atom stereocenters. The standard InChI is InChI=1S/C9H17NO/c1-7(2)5-8(11)6-9(3,4)10/h1,5-6,10H2,2-4H3. The van der Waals surface area contributed by atoms with Gasteiger partial charge in [-0.15, -0.1) is 0 Å². The third-order valence-corrected chi connectivity index (χ3v) is 1.15. The minimum Gasteiger partial charge on any atom is -0.325 e. The summed E-state index contributed by atoms with van der Waals surface area (Å²) in [5, 5.41) is 0. The molecule has 0 aromatic heterocycles. The van der Waals surface area contributed by atoms with Crippen LogP contribution in [0.1, 0.15) is 33.6 Å². The number of nitrogens with two attached hydrogens (primary N) is 1. The van der Waals surface area contributed by atoms with E-state index in [-0.39, 0.29) is 11.3 Å². The Morgan fingerprint density at radius 2 is 2.00 bits per heavy atom. The first-order valence-corrected chi connectivity index (χ1v) is 3.76. The van der Waals surface area contributed by atoms with Crippen LogP contribution in [0.4, 0.5) is 0 Å². The van der Waals surface area contributed by atoms with E-state index in [1.54, 1.807) is 0 Å². The zero-order chi connectivity index (χ0) is 9.07. The van der Waals surface area contributed by atoms with Crippen molar-refractivity contribution in [3.63, 3.8) is 0 Å². The molecule has 0 saturated carbocycles. The molecule has 0 spiro atoms. The van der Waals surface area contributed by atoms with Gasteiger partial charge in [0.2, 0.25) is 0 Å². The maximum absolute atomic E-state index is 11.1. The van der Waals surface area contributed by atoms with Crippen LogP contribution in [0.3, 0.4) is 0 Å². The second-order valence-electron chi connectivity index (χ2n) is 3.84. The van der Waals surface area contributed by atoms with Gasteiger partial charge >= 0.3 is 0 Å². The molecule has 0 bridgehead atoms. The molecule has 0 radical (unpaired) electrons. The summed E-state index contributed by atoms with van der Waals surface area (Å²) in [6.07, 6.45) is 0.889.